The van der Waals surface area contributed by atoms with Crippen molar-refractivity contribution in [1.29, 1.82) is 0 Å². The molecular weight excluding hydrogens is 226 g/mol. The fourth-order valence-corrected chi connectivity index (χ4v) is 2.29. The first-order valence-electron chi connectivity index (χ1n) is 4.72. The van der Waals surface area contributed by atoms with Crippen LogP contribution in [0.2, 0.25) is 0 Å². The van der Waals surface area contributed by atoms with Crippen molar-refractivity contribution in [3.8, 4) is 0 Å². The van der Waals surface area contributed by atoms with E-state index in [1.165, 1.54) is 12.1 Å². The van der Waals surface area contributed by atoms with Crippen LogP contribution in [-0.2, 0) is 10.0 Å². The molecular formula is C11H11NO3S. The van der Waals surface area contributed by atoms with Crippen molar-refractivity contribution in [2.45, 2.75) is 11.8 Å². The molecule has 0 aliphatic carbocycles. The maximum Gasteiger partial charge on any atom is 0.264 e. The molecule has 5 heteroatoms. The summed E-state index contributed by atoms with van der Waals surface area (Å²) in [6.07, 6.45) is 0. The fourth-order valence-electron chi connectivity index (χ4n) is 1.28. The van der Waals surface area contributed by atoms with E-state index in [4.69, 9.17) is 4.42 Å². The minimum Gasteiger partial charge on any atom is -0.445 e. The monoisotopic (exact) mass is 237 g/mol. The Morgan fingerprint density at radius 3 is 2.31 bits per heavy atom. The van der Waals surface area contributed by atoms with Crippen LogP contribution in [0.15, 0.2) is 51.8 Å². The van der Waals surface area contributed by atoms with Crippen LogP contribution in [0.25, 0.3) is 0 Å². The molecule has 0 spiro atoms. The van der Waals surface area contributed by atoms with Gasteiger partial charge in [0.25, 0.3) is 10.0 Å². The number of hydrogen-bond acceptors (Lipinski definition) is 3. The average Bonchev–Trinajstić information content (AvgIpc) is 2.64. The molecule has 0 amide bonds. The van der Waals surface area contributed by atoms with Gasteiger partial charge in [-0.25, -0.2) is 13.1 Å². The summed E-state index contributed by atoms with van der Waals surface area (Å²) in [5.41, 5.74) is 0. The average molecular weight is 237 g/mol. The van der Waals surface area contributed by atoms with E-state index in [1.807, 2.05) is 0 Å². The number of aryl methyl sites for hydroxylation is 1. The number of furan rings is 1. The Morgan fingerprint density at radius 2 is 1.75 bits per heavy atom. The van der Waals surface area contributed by atoms with Gasteiger partial charge in [-0.15, -0.1) is 0 Å². The van der Waals surface area contributed by atoms with Gasteiger partial charge in [0, 0.05) is 6.07 Å². The van der Waals surface area contributed by atoms with Crippen LogP contribution < -0.4 is 4.72 Å². The van der Waals surface area contributed by atoms with E-state index in [2.05, 4.69) is 4.72 Å². The molecule has 0 unspecified atom stereocenters. The standard InChI is InChI=1S/C11H11NO3S/c1-9-7-8-11(15-9)12-16(13,14)10-5-3-2-4-6-10/h2-8,12H,1H3. The normalized spacial score (nSPS) is 11.3. The Balaban J connectivity index is 2.28. The zero-order valence-corrected chi connectivity index (χ0v) is 9.49. The van der Waals surface area contributed by atoms with Gasteiger partial charge in [-0.3, -0.25) is 0 Å². The number of sulfonamides is 1. The maximum atomic E-state index is 11.8. The fraction of sp³-hybridized carbons (Fsp3) is 0.0909. The molecule has 0 bridgehead atoms. The molecule has 0 radical (unpaired) electrons. The van der Waals surface area contributed by atoms with Gasteiger partial charge in [0.1, 0.15) is 5.76 Å². The highest BCUT2D eigenvalue weighted by atomic mass is 32.2. The first-order valence-corrected chi connectivity index (χ1v) is 6.20. The topological polar surface area (TPSA) is 59.3 Å². The number of rotatable bonds is 3. The SMILES string of the molecule is Cc1ccc(NS(=O)(=O)c2ccccc2)o1. The second kappa shape index (κ2) is 4.02. The third-order valence-electron chi connectivity index (χ3n) is 2.03. The summed E-state index contributed by atoms with van der Waals surface area (Å²) in [7, 11) is -3.54. The summed E-state index contributed by atoms with van der Waals surface area (Å²) in [4.78, 5) is 0.212. The molecule has 1 heterocycles. The number of benzene rings is 1. The van der Waals surface area contributed by atoms with Gasteiger partial charge in [0.15, 0.2) is 0 Å². The summed E-state index contributed by atoms with van der Waals surface area (Å²) in [6.45, 7) is 1.75. The first kappa shape index (κ1) is 10.8. The van der Waals surface area contributed by atoms with Crippen LogP contribution in [0.5, 0.6) is 0 Å². The summed E-state index contributed by atoms with van der Waals surface area (Å²) in [5, 5.41) is 0. The van der Waals surface area contributed by atoms with Crippen LogP contribution in [0, 0.1) is 6.92 Å². The quantitative estimate of drug-likeness (QED) is 0.891. The van der Waals surface area contributed by atoms with Crippen LogP contribution in [-0.4, -0.2) is 8.42 Å². The predicted octanol–water partition coefficient (Wildman–Crippen LogP) is 2.39. The van der Waals surface area contributed by atoms with E-state index in [0.717, 1.165) is 0 Å². The van der Waals surface area contributed by atoms with E-state index in [1.54, 1.807) is 37.3 Å². The largest absolute Gasteiger partial charge is 0.445 e. The lowest BCUT2D eigenvalue weighted by molar-refractivity contribution is 0.548. The lowest BCUT2D eigenvalue weighted by atomic mass is 10.4. The molecule has 0 fully saturated rings. The van der Waals surface area contributed by atoms with Crippen LogP contribution in [0.3, 0.4) is 0 Å². The molecule has 2 aromatic rings. The third-order valence-corrected chi connectivity index (χ3v) is 3.39. The predicted molar refractivity (Wildman–Crippen MR) is 60.7 cm³/mol. The Bertz CT molecular complexity index is 572. The van der Waals surface area contributed by atoms with E-state index >= 15 is 0 Å². The molecule has 4 nitrogen and oxygen atoms in total. The van der Waals surface area contributed by atoms with Gasteiger partial charge < -0.3 is 4.42 Å². The molecule has 0 aliphatic heterocycles. The van der Waals surface area contributed by atoms with E-state index in [-0.39, 0.29) is 10.8 Å². The molecule has 2 rings (SSSR count). The molecule has 1 N–H and O–H groups in total. The molecule has 0 saturated heterocycles. The van der Waals surface area contributed by atoms with Crippen molar-refractivity contribution < 1.29 is 12.8 Å². The van der Waals surface area contributed by atoms with Crippen molar-refractivity contribution in [3.63, 3.8) is 0 Å². The molecule has 0 atom stereocenters. The van der Waals surface area contributed by atoms with Gasteiger partial charge >= 0.3 is 0 Å². The van der Waals surface area contributed by atoms with Crippen molar-refractivity contribution in [2.75, 3.05) is 4.72 Å². The van der Waals surface area contributed by atoms with E-state index < -0.39 is 10.0 Å². The second-order valence-corrected chi connectivity index (χ2v) is 5.01. The zero-order chi connectivity index (χ0) is 11.6. The lowest BCUT2D eigenvalue weighted by Gasteiger charge is -2.04. The number of hydrogen-bond donors (Lipinski definition) is 1. The maximum absolute atomic E-state index is 11.8. The van der Waals surface area contributed by atoms with Crippen LogP contribution >= 0.6 is 0 Å². The van der Waals surface area contributed by atoms with Crippen LogP contribution in [0.1, 0.15) is 5.76 Å². The molecule has 84 valence electrons. The Hall–Kier alpha value is -1.75. The van der Waals surface area contributed by atoms with Gasteiger partial charge in [-0.1, -0.05) is 18.2 Å². The summed E-state index contributed by atoms with van der Waals surface area (Å²) in [5.74, 6) is 0.882. The van der Waals surface area contributed by atoms with Gasteiger partial charge in [0.05, 0.1) is 4.90 Å². The first-order chi connectivity index (χ1) is 7.58. The van der Waals surface area contributed by atoms with Gasteiger partial charge in [-0.05, 0) is 25.1 Å². The Morgan fingerprint density at radius 1 is 1.06 bits per heavy atom. The second-order valence-electron chi connectivity index (χ2n) is 3.33. The van der Waals surface area contributed by atoms with Crippen molar-refractivity contribution in [1.82, 2.24) is 0 Å². The summed E-state index contributed by atoms with van der Waals surface area (Å²) < 4.78 is 31.2. The number of nitrogens with one attached hydrogen (secondary N) is 1. The third kappa shape index (κ3) is 2.25. The molecule has 1 aromatic carbocycles. The van der Waals surface area contributed by atoms with Crippen molar-refractivity contribution >= 4 is 15.9 Å². The lowest BCUT2D eigenvalue weighted by Crippen LogP contribution is -2.12. The van der Waals surface area contributed by atoms with Gasteiger partial charge in [-0.2, -0.15) is 0 Å². The minimum atomic E-state index is -3.54. The molecule has 16 heavy (non-hydrogen) atoms. The summed E-state index contributed by atoms with van der Waals surface area (Å²) in [6, 6.07) is 11.4. The molecule has 0 saturated carbocycles. The molecule has 1 aromatic heterocycles. The highest BCUT2D eigenvalue weighted by molar-refractivity contribution is 7.92. The Kier molecular flexibility index (Phi) is 2.70. The molecule has 0 aliphatic rings. The smallest absolute Gasteiger partial charge is 0.264 e. The van der Waals surface area contributed by atoms with Gasteiger partial charge in [0.2, 0.25) is 5.88 Å². The highest BCUT2D eigenvalue weighted by Gasteiger charge is 2.14. The van der Waals surface area contributed by atoms with Crippen LogP contribution in [0.4, 0.5) is 5.88 Å². The number of anilines is 1. The highest BCUT2D eigenvalue weighted by Crippen LogP contribution is 2.17. The minimum absolute atomic E-state index is 0.212. The van der Waals surface area contributed by atoms with Crippen molar-refractivity contribution in [2.24, 2.45) is 0 Å². The van der Waals surface area contributed by atoms with Crippen molar-refractivity contribution in [3.05, 3.63) is 48.2 Å². The van der Waals surface area contributed by atoms with E-state index in [9.17, 15) is 8.42 Å². The Labute approximate surface area is 94.0 Å². The van der Waals surface area contributed by atoms with E-state index in [0.29, 0.717) is 5.76 Å². The summed E-state index contributed by atoms with van der Waals surface area (Å²) >= 11 is 0. The zero-order valence-electron chi connectivity index (χ0n) is 8.67.